The number of para-hydroxylation sites is 1. The molecule has 6 rings (SSSR count). The first-order valence-electron chi connectivity index (χ1n) is 13.8. The van der Waals surface area contributed by atoms with Gasteiger partial charge in [-0.1, -0.05) is 18.2 Å². The fourth-order valence-electron chi connectivity index (χ4n) is 5.46. The maximum Gasteiger partial charge on any atom is 0.334 e. The lowest BCUT2D eigenvalue weighted by molar-refractivity contribution is -0.128. The Kier molecular flexibility index (Phi) is 7.87. The van der Waals surface area contributed by atoms with Crippen LogP contribution in [0.3, 0.4) is 0 Å². The number of aromatic nitrogens is 3. The van der Waals surface area contributed by atoms with E-state index < -0.39 is 17.1 Å². The number of imidazole rings is 1. The zero-order valence-electron chi connectivity index (χ0n) is 23.1. The molecule has 2 aliphatic heterocycles. The quantitative estimate of drug-likeness (QED) is 0.199. The number of allylic oxidation sites excluding steroid dienone is 3. The molecule has 0 saturated carbocycles. The summed E-state index contributed by atoms with van der Waals surface area (Å²) in [6, 6.07) is 20.0. The first-order valence-corrected chi connectivity index (χ1v) is 15.2. The van der Waals surface area contributed by atoms with E-state index >= 15 is 0 Å². The number of ether oxygens (including phenoxy) is 1. The highest BCUT2D eigenvalue weighted by Crippen LogP contribution is 2.30. The zero-order chi connectivity index (χ0) is 29.9. The number of nitrogen functional groups attached to an aromatic ring is 1. The van der Waals surface area contributed by atoms with E-state index in [1.807, 2.05) is 36.4 Å². The van der Waals surface area contributed by atoms with Gasteiger partial charge in [-0.05, 0) is 90.3 Å². The number of amides is 1. The van der Waals surface area contributed by atoms with Gasteiger partial charge in [0.2, 0.25) is 0 Å². The molecule has 2 aromatic heterocycles. The smallest absolute Gasteiger partial charge is 0.334 e. The molecule has 1 saturated heterocycles. The summed E-state index contributed by atoms with van der Waals surface area (Å²) >= 11 is -1.07. The first-order chi connectivity index (χ1) is 20.9. The number of rotatable bonds is 6. The average molecular weight is 593 g/mol. The Hall–Kier alpha value is -5.05. The molecule has 1 amide bonds. The lowest BCUT2D eigenvalue weighted by Crippen LogP contribution is -2.43. The summed E-state index contributed by atoms with van der Waals surface area (Å²) in [4.78, 5) is 33.4. The Morgan fingerprint density at radius 1 is 1.14 bits per heavy atom. The van der Waals surface area contributed by atoms with Gasteiger partial charge in [0.1, 0.15) is 45.6 Å². The second-order valence-corrected chi connectivity index (χ2v) is 11.6. The Bertz CT molecular complexity index is 1870. The van der Waals surface area contributed by atoms with Crippen LogP contribution >= 0.6 is 0 Å². The highest BCUT2D eigenvalue weighted by molar-refractivity contribution is 7.94. The predicted molar refractivity (Wildman–Crippen MR) is 165 cm³/mol. The standard InChI is InChI=1S/C32H28N6O4S/c33-20-23(19-22-13-17-43(41)18-14-22)31(39)36-16-4-5-25(21-36)37-28-12-15-35-30(34)29(28)38(32(37)40)24-8-10-27(11-9-24)42-26-6-2-1-3-7-26/h1-3,6-15,17,19,25H,4-5,16,18,21H2,(H2,34,35)/t25?,43-/m0/s1. The van der Waals surface area contributed by atoms with E-state index in [1.165, 1.54) is 10.6 Å². The fraction of sp³-hybridized carbons (Fsp3) is 0.188. The maximum absolute atomic E-state index is 14.1. The molecule has 2 N–H and O–H groups in total. The molecule has 4 aromatic rings. The number of pyridine rings is 1. The van der Waals surface area contributed by atoms with Crippen LogP contribution in [0.25, 0.3) is 16.7 Å². The van der Waals surface area contributed by atoms with E-state index in [0.717, 1.165) is 0 Å². The summed E-state index contributed by atoms with van der Waals surface area (Å²) in [5.41, 5.74) is 8.38. The number of hydrogen-bond donors (Lipinski definition) is 1. The van der Waals surface area contributed by atoms with Gasteiger partial charge >= 0.3 is 5.69 Å². The molecule has 216 valence electrons. The van der Waals surface area contributed by atoms with E-state index in [4.69, 9.17) is 10.5 Å². The third-order valence-electron chi connectivity index (χ3n) is 7.49. The van der Waals surface area contributed by atoms with Gasteiger partial charge in [-0.3, -0.25) is 13.9 Å². The molecule has 43 heavy (non-hydrogen) atoms. The van der Waals surface area contributed by atoms with Crippen molar-refractivity contribution in [3.63, 3.8) is 0 Å². The molecule has 11 heteroatoms. The number of likely N-dealkylation sites (tertiary alicyclic amines) is 1. The van der Waals surface area contributed by atoms with Crippen LogP contribution in [0.5, 0.6) is 11.5 Å². The van der Waals surface area contributed by atoms with Crippen molar-refractivity contribution in [2.24, 2.45) is 0 Å². The van der Waals surface area contributed by atoms with Crippen molar-refractivity contribution in [3.05, 3.63) is 112 Å². The number of nitrogens with zero attached hydrogens (tertiary/aromatic N) is 5. The van der Waals surface area contributed by atoms with Crippen LogP contribution in [0.2, 0.25) is 0 Å². The average Bonchev–Trinajstić information content (AvgIpc) is 3.34. The van der Waals surface area contributed by atoms with Crippen molar-refractivity contribution < 1.29 is 14.1 Å². The molecular formula is C32H28N6O4S. The van der Waals surface area contributed by atoms with E-state index in [-0.39, 0.29) is 29.7 Å². The molecule has 0 aliphatic carbocycles. The summed E-state index contributed by atoms with van der Waals surface area (Å²) in [6.45, 7) is 0.717. The normalized spacial score (nSPS) is 18.7. The summed E-state index contributed by atoms with van der Waals surface area (Å²) in [7, 11) is 0. The van der Waals surface area contributed by atoms with Crippen molar-refractivity contribution in [1.29, 1.82) is 5.26 Å². The van der Waals surface area contributed by atoms with Gasteiger partial charge in [-0.15, -0.1) is 0 Å². The van der Waals surface area contributed by atoms with Crippen LogP contribution in [-0.4, -0.2) is 48.3 Å². The molecule has 10 nitrogen and oxygen atoms in total. The number of benzene rings is 2. The topological polar surface area (TPSA) is 142 Å². The number of carbonyl (C=O) groups excluding carboxylic acids is 1. The number of fused-ring (bicyclic) bond motifs is 1. The largest absolute Gasteiger partial charge is 0.612 e. The van der Waals surface area contributed by atoms with Crippen LogP contribution in [-0.2, 0) is 16.0 Å². The van der Waals surface area contributed by atoms with Crippen LogP contribution in [0.1, 0.15) is 18.9 Å². The van der Waals surface area contributed by atoms with Gasteiger partial charge in [0, 0.05) is 19.3 Å². The fourth-order valence-corrected chi connectivity index (χ4v) is 6.24. The van der Waals surface area contributed by atoms with Crippen molar-refractivity contribution >= 4 is 33.9 Å². The maximum atomic E-state index is 14.1. The minimum absolute atomic E-state index is 0.00902. The third-order valence-corrected chi connectivity index (χ3v) is 8.43. The van der Waals surface area contributed by atoms with Gasteiger partial charge in [0.15, 0.2) is 0 Å². The van der Waals surface area contributed by atoms with Crippen LogP contribution < -0.4 is 16.2 Å². The number of carbonyl (C=O) groups is 1. The Morgan fingerprint density at radius 2 is 1.91 bits per heavy atom. The second-order valence-electron chi connectivity index (χ2n) is 10.2. The molecule has 0 spiro atoms. The van der Waals surface area contributed by atoms with E-state index in [1.54, 1.807) is 63.6 Å². The molecule has 0 bridgehead atoms. The van der Waals surface area contributed by atoms with Gasteiger partial charge in [0.25, 0.3) is 5.91 Å². The number of piperidine rings is 1. The van der Waals surface area contributed by atoms with Crippen molar-refractivity contribution in [2.45, 2.75) is 18.9 Å². The van der Waals surface area contributed by atoms with E-state index in [0.29, 0.717) is 58.9 Å². The van der Waals surface area contributed by atoms with Crippen LogP contribution in [0.15, 0.2) is 106 Å². The Balaban J connectivity index is 1.31. The Labute approximate surface area is 250 Å². The highest BCUT2D eigenvalue weighted by atomic mass is 32.2. The highest BCUT2D eigenvalue weighted by Gasteiger charge is 2.30. The molecule has 2 atom stereocenters. The molecule has 0 radical (unpaired) electrons. The minimum Gasteiger partial charge on any atom is -0.612 e. The molecule has 4 heterocycles. The van der Waals surface area contributed by atoms with Gasteiger partial charge < -0.3 is 19.9 Å². The number of hydrogen-bond acceptors (Lipinski definition) is 7. The predicted octanol–water partition coefficient (Wildman–Crippen LogP) is 4.38. The molecule has 1 fully saturated rings. The number of nitrogens with two attached hydrogens (primary N) is 1. The van der Waals surface area contributed by atoms with E-state index in [9.17, 15) is 19.4 Å². The van der Waals surface area contributed by atoms with E-state index in [2.05, 4.69) is 4.98 Å². The zero-order valence-corrected chi connectivity index (χ0v) is 23.9. The lowest BCUT2D eigenvalue weighted by atomic mass is 10.0. The van der Waals surface area contributed by atoms with Crippen LogP contribution in [0, 0.1) is 11.3 Å². The summed E-state index contributed by atoms with van der Waals surface area (Å²) in [5, 5.41) is 11.3. The first kappa shape index (κ1) is 28.1. The summed E-state index contributed by atoms with van der Waals surface area (Å²) in [5.74, 6) is 1.47. The lowest BCUT2D eigenvalue weighted by Gasteiger charge is -2.33. The van der Waals surface area contributed by atoms with Crippen molar-refractivity contribution in [1.82, 2.24) is 19.0 Å². The number of anilines is 1. The second kappa shape index (κ2) is 12.1. The van der Waals surface area contributed by atoms with Crippen LogP contribution in [0.4, 0.5) is 5.82 Å². The number of nitriles is 1. The third kappa shape index (κ3) is 5.70. The molecule has 2 aliphatic rings. The molecular weight excluding hydrogens is 564 g/mol. The van der Waals surface area contributed by atoms with Crippen molar-refractivity contribution in [2.75, 3.05) is 24.6 Å². The molecule has 2 aromatic carbocycles. The van der Waals surface area contributed by atoms with Crippen molar-refractivity contribution in [3.8, 4) is 23.3 Å². The SMILES string of the molecule is N#CC(=CC1=CC[S@@+]([O-])C=C1)C(=O)N1CCCC(n2c(=O)n(-c3ccc(Oc4ccccc4)cc3)c3c(N)nccc32)C1. The molecule has 1 unspecified atom stereocenters. The van der Waals surface area contributed by atoms with Gasteiger partial charge in [-0.2, -0.15) is 5.26 Å². The van der Waals surface area contributed by atoms with Gasteiger partial charge in [-0.25, -0.2) is 9.78 Å². The summed E-state index contributed by atoms with van der Waals surface area (Å²) < 4.78 is 20.7. The van der Waals surface area contributed by atoms with Gasteiger partial charge in [0.05, 0.1) is 17.2 Å². The monoisotopic (exact) mass is 592 g/mol. The Morgan fingerprint density at radius 3 is 2.63 bits per heavy atom. The minimum atomic E-state index is -1.07. The summed E-state index contributed by atoms with van der Waals surface area (Å²) in [6.07, 6.45) is 7.80.